The highest BCUT2D eigenvalue weighted by Gasteiger charge is 2.51. The van der Waals surface area contributed by atoms with Gasteiger partial charge in [-0.1, -0.05) is 24.0 Å². The molecule has 1 aromatic carbocycles. The molecular weight excluding hydrogens is 314 g/mol. The summed E-state index contributed by atoms with van der Waals surface area (Å²) in [5, 5.41) is 22.0. The second kappa shape index (κ2) is 7.17. The largest absolute Gasteiger partial charge is 0.394 e. The van der Waals surface area contributed by atoms with Crippen molar-refractivity contribution in [1.82, 2.24) is 10.2 Å². The summed E-state index contributed by atoms with van der Waals surface area (Å²) in [6.07, 6.45) is 2.40. The van der Waals surface area contributed by atoms with Crippen LogP contribution < -0.4 is 5.32 Å². The predicted octanol–water partition coefficient (Wildman–Crippen LogP) is 2.22. The second-order valence-corrected chi connectivity index (χ2v) is 7.03. The molecule has 25 heavy (non-hydrogen) atoms. The third-order valence-electron chi connectivity index (χ3n) is 4.67. The Morgan fingerprint density at radius 2 is 2.04 bits per heavy atom. The molecule has 1 heterocycles. The van der Waals surface area contributed by atoms with Crippen LogP contribution in [0.2, 0.25) is 0 Å². The van der Waals surface area contributed by atoms with E-state index in [1.807, 2.05) is 38.1 Å². The fraction of sp³-hybridized carbons (Fsp3) is 0.500. The zero-order chi connectivity index (χ0) is 18.0. The van der Waals surface area contributed by atoms with Crippen LogP contribution in [0, 0.1) is 29.1 Å². The number of rotatable bonds is 3. The predicted molar refractivity (Wildman–Crippen MR) is 94.6 cm³/mol. The van der Waals surface area contributed by atoms with Gasteiger partial charge in [-0.2, -0.15) is 5.26 Å². The minimum Gasteiger partial charge on any atom is -0.394 e. The van der Waals surface area contributed by atoms with Gasteiger partial charge < -0.3 is 15.3 Å². The Balaban J connectivity index is 1.76. The molecule has 2 amide bonds. The summed E-state index contributed by atoms with van der Waals surface area (Å²) >= 11 is 0. The zero-order valence-corrected chi connectivity index (χ0v) is 14.6. The van der Waals surface area contributed by atoms with Gasteiger partial charge in [-0.15, -0.1) is 0 Å². The van der Waals surface area contributed by atoms with E-state index >= 15 is 0 Å². The maximum Gasteiger partial charge on any atom is 0.319 e. The van der Waals surface area contributed by atoms with Crippen LogP contribution >= 0.6 is 0 Å². The molecule has 2 N–H and O–H groups in total. The third-order valence-corrected chi connectivity index (χ3v) is 4.67. The van der Waals surface area contributed by atoms with Gasteiger partial charge in [0.05, 0.1) is 18.7 Å². The third kappa shape index (κ3) is 3.62. The molecule has 2 aliphatic rings. The number of hydrogen-bond acceptors (Lipinski definition) is 3. The standard InChI is InChI=1S/C20H23N3O2/c1-13(2)22-20(25)23-17(11-21)19(18(23)12-24)16-9-7-15(8-10-16)6-5-14-3-4-14/h7-10,13-14,17-19,24H,3-4,12H2,1-2H3,(H,22,25)/t17-,18+,19-/m1/s1. The number of likely N-dealkylation sites (tertiary alicyclic amines) is 1. The van der Waals surface area contributed by atoms with E-state index in [1.165, 1.54) is 17.7 Å². The number of nitrogens with zero attached hydrogens (tertiary/aromatic N) is 2. The van der Waals surface area contributed by atoms with Crippen molar-refractivity contribution in [1.29, 1.82) is 5.26 Å². The van der Waals surface area contributed by atoms with Crippen molar-refractivity contribution in [3.63, 3.8) is 0 Å². The molecular formula is C20H23N3O2. The van der Waals surface area contributed by atoms with E-state index in [0.29, 0.717) is 5.92 Å². The molecule has 0 spiro atoms. The average Bonchev–Trinajstić information content (AvgIpc) is 3.37. The normalized spacial score (nSPS) is 24.8. The number of urea groups is 1. The van der Waals surface area contributed by atoms with Gasteiger partial charge in [0.15, 0.2) is 0 Å². The second-order valence-electron chi connectivity index (χ2n) is 7.03. The van der Waals surface area contributed by atoms with Gasteiger partial charge in [0, 0.05) is 23.4 Å². The molecule has 1 aromatic rings. The minimum absolute atomic E-state index is 0.0189. The summed E-state index contributed by atoms with van der Waals surface area (Å²) in [5.74, 6) is 6.77. The van der Waals surface area contributed by atoms with Crippen LogP contribution in [0.5, 0.6) is 0 Å². The van der Waals surface area contributed by atoms with Crippen molar-refractivity contribution in [2.24, 2.45) is 5.92 Å². The first-order valence-electron chi connectivity index (χ1n) is 8.76. The molecule has 0 radical (unpaired) electrons. The number of carbonyl (C=O) groups excluding carboxylic acids is 1. The Bertz CT molecular complexity index is 735. The van der Waals surface area contributed by atoms with Gasteiger partial charge >= 0.3 is 6.03 Å². The summed E-state index contributed by atoms with van der Waals surface area (Å²) in [5.41, 5.74) is 1.91. The van der Waals surface area contributed by atoms with E-state index in [0.717, 1.165) is 11.1 Å². The van der Waals surface area contributed by atoms with Gasteiger partial charge in [0.25, 0.3) is 0 Å². The highest BCUT2D eigenvalue weighted by atomic mass is 16.3. The number of hydrogen-bond donors (Lipinski definition) is 2. The summed E-state index contributed by atoms with van der Waals surface area (Å²) in [4.78, 5) is 13.7. The van der Waals surface area contributed by atoms with Crippen molar-refractivity contribution in [2.45, 2.75) is 50.7 Å². The first kappa shape index (κ1) is 17.3. The molecule has 1 saturated carbocycles. The Labute approximate surface area is 148 Å². The van der Waals surface area contributed by atoms with Gasteiger partial charge in [0.2, 0.25) is 0 Å². The summed E-state index contributed by atoms with van der Waals surface area (Å²) in [6, 6.07) is 8.73. The lowest BCUT2D eigenvalue weighted by Gasteiger charge is -2.51. The molecule has 0 unspecified atom stereocenters. The van der Waals surface area contributed by atoms with Crippen LogP contribution in [0.1, 0.15) is 43.7 Å². The van der Waals surface area contributed by atoms with Gasteiger partial charge in [0.1, 0.15) is 6.04 Å². The molecule has 130 valence electrons. The van der Waals surface area contributed by atoms with Gasteiger partial charge in [-0.3, -0.25) is 0 Å². The van der Waals surface area contributed by atoms with E-state index in [9.17, 15) is 15.2 Å². The monoisotopic (exact) mass is 337 g/mol. The van der Waals surface area contributed by atoms with Gasteiger partial charge in [-0.05, 0) is 44.4 Å². The summed E-state index contributed by atoms with van der Waals surface area (Å²) in [7, 11) is 0. The molecule has 2 fully saturated rings. The van der Waals surface area contributed by atoms with Crippen LogP contribution in [-0.2, 0) is 0 Å². The van der Waals surface area contributed by atoms with E-state index < -0.39 is 6.04 Å². The maximum atomic E-state index is 12.3. The average molecular weight is 337 g/mol. The lowest BCUT2D eigenvalue weighted by Crippen LogP contribution is -2.67. The highest BCUT2D eigenvalue weighted by molar-refractivity contribution is 5.77. The van der Waals surface area contributed by atoms with Gasteiger partial charge in [-0.25, -0.2) is 4.79 Å². The molecule has 0 aromatic heterocycles. The SMILES string of the molecule is CC(C)NC(=O)N1[C@H](C#N)[C@@H](c2ccc(C#CC3CC3)cc2)[C@@H]1CO. The lowest BCUT2D eigenvalue weighted by molar-refractivity contribution is 0.0162. The van der Waals surface area contributed by atoms with E-state index in [2.05, 4.69) is 23.2 Å². The van der Waals surface area contributed by atoms with Crippen LogP contribution in [-0.4, -0.2) is 40.8 Å². The van der Waals surface area contributed by atoms with E-state index in [1.54, 1.807) is 0 Å². The molecule has 1 aliphatic heterocycles. The fourth-order valence-corrected chi connectivity index (χ4v) is 3.21. The quantitative estimate of drug-likeness (QED) is 0.830. The van der Waals surface area contributed by atoms with Crippen LogP contribution in [0.3, 0.4) is 0 Å². The number of amides is 2. The van der Waals surface area contributed by atoms with Crippen LogP contribution in [0.4, 0.5) is 4.79 Å². The topological polar surface area (TPSA) is 76.4 Å². The zero-order valence-electron chi connectivity index (χ0n) is 14.6. The fourth-order valence-electron chi connectivity index (χ4n) is 3.21. The van der Waals surface area contributed by atoms with Crippen LogP contribution in [0.25, 0.3) is 0 Å². The number of aliphatic hydroxyl groups excluding tert-OH is 1. The summed E-state index contributed by atoms with van der Waals surface area (Å²) < 4.78 is 0. The Kier molecular flexibility index (Phi) is 4.97. The summed E-state index contributed by atoms with van der Waals surface area (Å²) in [6.45, 7) is 3.56. The molecule has 3 rings (SSSR count). The Morgan fingerprint density at radius 3 is 2.56 bits per heavy atom. The molecule has 3 atom stereocenters. The first-order valence-corrected chi connectivity index (χ1v) is 8.76. The Morgan fingerprint density at radius 1 is 1.36 bits per heavy atom. The number of aliphatic hydroxyl groups is 1. The molecule has 5 nitrogen and oxygen atoms in total. The van der Waals surface area contributed by atoms with Crippen molar-refractivity contribution in [2.75, 3.05) is 6.61 Å². The van der Waals surface area contributed by atoms with Crippen molar-refractivity contribution in [3.8, 4) is 17.9 Å². The molecule has 1 aliphatic carbocycles. The van der Waals surface area contributed by atoms with E-state index in [-0.39, 0.29) is 30.6 Å². The van der Waals surface area contributed by atoms with Crippen molar-refractivity contribution < 1.29 is 9.90 Å². The number of nitrogens with one attached hydrogen (secondary N) is 1. The molecule has 0 bridgehead atoms. The number of carbonyl (C=O) groups is 1. The number of benzene rings is 1. The maximum absolute atomic E-state index is 12.3. The van der Waals surface area contributed by atoms with Crippen molar-refractivity contribution in [3.05, 3.63) is 35.4 Å². The smallest absolute Gasteiger partial charge is 0.319 e. The Hall–Kier alpha value is -2.50. The highest BCUT2D eigenvalue weighted by Crippen LogP contribution is 2.40. The van der Waals surface area contributed by atoms with E-state index in [4.69, 9.17) is 0 Å². The molecule has 5 heteroatoms. The first-order chi connectivity index (χ1) is 12.0. The molecule has 1 saturated heterocycles. The minimum atomic E-state index is -0.570. The lowest BCUT2D eigenvalue weighted by atomic mass is 9.76. The number of nitriles is 1. The van der Waals surface area contributed by atoms with Crippen LogP contribution in [0.15, 0.2) is 24.3 Å². The van der Waals surface area contributed by atoms with Crippen molar-refractivity contribution >= 4 is 6.03 Å².